The molecule has 0 spiro atoms. The van der Waals surface area contributed by atoms with E-state index in [0.717, 1.165) is 22.7 Å². The van der Waals surface area contributed by atoms with Crippen LogP contribution in [0.15, 0.2) is 24.3 Å². The van der Waals surface area contributed by atoms with Crippen molar-refractivity contribution in [1.82, 2.24) is 9.88 Å². The number of aromatic nitrogens is 1. The monoisotopic (exact) mass is 370 g/mol. The molecular formula is C18H24F2N2O2S. The van der Waals surface area contributed by atoms with E-state index in [1.54, 1.807) is 30.6 Å². The molecular weight excluding hydrogens is 346 g/mol. The summed E-state index contributed by atoms with van der Waals surface area (Å²) in [6, 6.07) is 7.00. The molecule has 0 bridgehead atoms. The van der Waals surface area contributed by atoms with Crippen molar-refractivity contribution in [3.8, 4) is 5.75 Å². The van der Waals surface area contributed by atoms with Crippen molar-refractivity contribution >= 4 is 11.3 Å². The first-order chi connectivity index (χ1) is 11.9. The number of rotatable bonds is 9. The molecule has 1 atom stereocenters. The van der Waals surface area contributed by atoms with Gasteiger partial charge in [-0.25, -0.2) is 4.98 Å². The van der Waals surface area contributed by atoms with Crippen molar-refractivity contribution in [2.24, 2.45) is 0 Å². The first-order valence-corrected chi connectivity index (χ1v) is 8.91. The number of hydrogen-bond acceptors (Lipinski definition) is 5. The van der Waals surface area contributed by atoms with Crippen LogP contribution in [-0.2, 0) is 17.7 Å². The minimum absolute atomic E-state index is 0.175. The van der Waals surface area contributed by atoms with E-state index in [1.807, 2.05) is 20.0 Å². The van der Waals surface area contributed by atoms with Crippen LogP contribution in [0.25, 0.3) is 0 Å². The van der Waals surface area contributed by atoms with E-state index in [-0.39, 0.29) is 11.8 Å². The third kappa shape index (κ3) is 5.73. The highest BCUT2D eigenvalue weighted by molar-refractivity contribution is 7.11. The summed E-state index contributed by atoms with van der Waals surface area (Å²) >= 11 is 1.70. The molecule has 1 aromatic heterocycles. The van der Waals surface area contributed by atoms with Gasteiger partial charge in [0.2, 0.25) is 0 Å². The zero-order chi connectivity index (χ0) is 18.4. The lowest BCUT2D eigenvalue weighted by Crippen LogP contribution is -2.21. The van der Waals surface area contributed by atoms with Crippen LogP contribution in [-0.4, -0.2) is 37.3 Å². The number of thiazole rings is 1. The Morgan fingerprint density at radius 1 is 1.32 bits per heavy atom. The van der Waals surface area contributed by atoms with Gasteiger partial charge in [-0.1, -0.05) is 12.1 Å². The summed E-state index contributed by atoms with van der Waals surface area (Å²) in [5.74, 6) is 0.185. The second-order valence-corrected chi connectivity index (χ2v) is 7.03. The molecule has 1 heterocycles. The number of benzene rings is 1. The van der Waals surface area contributed by atoms with Gasteiger partial charge in [0, 0.05) is 31.0 Å². The zero-order valence-corrected chi connectivity index (χ0v) is 15.8. The Labute approximate surface area is 151 Å². The van der Waals surface area contributed by atoms with Gasteiger partial charge in [0.1, 0.15) is 5.75 Å². The maximum absolute atomic E-state index is 12.4. The van der Waals surface area contributed by atoms with Crippen LogP contribution in [0, 0.1) is 6.92 Å². The molecule has 25 heavy (non-hydrogen) atoms. The fourth-order valence-electron chi connectivity index (χ4n) is 2.59. The van der Waals surface area contributed by atoms with Crippen LogP contribution in [0.4, 0.5) is 8.78 Å². The molecule has 138 valence electrons. The van der Waals surface area contributed by atoms with Gasteiger partial charge in [-0.05, 0) is 38.6 Å². The van der Waals surface area contributed by atoms with E-state index in [1.165, 1.54) is 10.9 Å². The molecule has 0 amide bonds. The van der Waals surface area contributed by atoms with Gasteiger partial charge >= 0.3 is 6.61 Å². The van der Waals surface area contributed by atoms with Crippen LogP contribution in [0.2, 0.25) is 0 Å². The second kappa shape index (κ2) is 9.22. The molecule has 0 radical (unpaired) electrons. The third-order valence-corrected chi connectivity index (χ3v) is 5.38. The summed E-state index contributed by atoms with van der Waals surface area (Å²) in [6.45, 7) is 2.63. The Bertz CT molecular complexity index is 679. The van der Waals surface area contributed by atoms with Crippen LogP contribution >= 0.6 is 11.3 Å². The van der Waals surface area contributed by atoms with Gasteiger partial charge in [0.15, 0.2) is 0 Å². The van der Waals surface area contributed by atoms with Crippen molar-refractivity contribution < 1.29 is 18.3 Å². The molecule has 0 N–H and O–H groups in total. The van der Waals surface area contributed by atoms with Crippen molar-refractivity contribution in [3.05, 3.63) is 45.4 Å². The lowest BCUT2D eigenvalue weighted by atomic mass is 10.1. The zero-order valence-electron chi connectivity index (χ0n) is 15.0. The van der Waals surface area contributed by atoms with Crippen LogP contribution in [0.3, 0.4) is 0 Å². The van der Waals surface area contributed by atoms with Gasteiger partial charge in [0.05, 0.1) is 17.3 Å². The number of methoxy groups -OCH3 is 1. The molecule has 0 aliphatic carbocycles. The number of nitrogens with zero attached hydrogens (tertiary/aromatic N) is 2. The van der Waals surface area contributed by atoms with Crippen molar-refractivity contribution in [2.45, 2.75) is 39.5 Å². The maximum atomic E-state index is 12.4. The largest absolute Gasteiger partial charge is 0.435 e. The molecule has 0 saturated heterocycles. The molecule has 2 rings (SSSR count). The van der Waals surface area contributed by atoms with Gasteiger partial charge in [-0.2, -0.15) is 8.78 Å². The molecule has 0 aliphatic rings. The van der Waals surface area contributed by atoms with Crippen molar-refractivity contribution in [3.63, 3.8) is 0 Å². The fraction of sp³-hybridized carbons (Fsp3) is 0.500. The Balaban J connectivity index is 2.05. The number of halogens is 2. The Kier molecular flexibility index (Phi) is 7.28. The van der Waals surface area contributed by atoms with Crippen molar-refractivity contribution in [2.75, 3.05) is 20.8 Å². The van der Waals surface area contributed by atoms with Crippen molar-refractivity contribution in [1.29, 1.82) is 0 Å². The third-order valence-electron chi connectivity index (χ3n) is 3.99. The van der Waals surface area contributed by atoms with E-state index >= 15 is 0 Å². The first-order valence-electron chi connectivity index (χ1n) is 8.09. The molecule has 1 aromatic carbocycles. The summed E-state index contributed by atoms with van der Waals surface area (Å²) in [7, 11) is 3.70. The molecule has 7 heteroatoms. The lowest BCUT2D eigenvalue weighted by molar-refractivity contribution is -0.0499. The van der Waals surface area contributed by atoms with E-state index in [2.05, 4.69) is 21.5 Å². The number of aryl methyl sites for hydroxylation is 1. The summed E-state index contributed by atoms with van der Waals surface area (Å²) in [5, 5.41) is 1.07. The molecule has 0 fully saturated rings. The summed E-state index contributed by atoms with van der Waals surface area (Å²) in [6.07, 6.45) is 0.811. The Morgan fingerprint density at radius 3 is 2.76 bits per heavy atom. The van der Waals surface area contributed by atoms with Gasteiger partial charge in [0.25, 0.3) is 0 Å². The molecule has 0 aliphatic heterocycles. The van der Waals surface area contributed by atoms with Crippen LogP contribution < -0.4 is 4.74 Å². The number of ether oxygens (including phenoxy) is 2. The topological polar surface area (TPSA) is 34.6 Å². The average molecular weight is 370 g/mol. The highest BCUT2D eigenvalue weighted by Crippen LogP contribution is 2.30. The maximum Gasteiger partial charge on any atom is 0.387 e. The van der Waals surface area contributed by atoms with E-state index < -0.39 is 6.61 Å². The Morgan fingerprint density at radius 2 is 2.08 bits per heavy atom. The lowest BCUT2D eigenvalue weighted by Gasteiger charge is -2.24. The van der Waals surface area contributed by atoms with Gasteiger partial charge in [-0.3, -0.25) is 4.90 Å². The Hall–Kier alpha value is -1.57. The molecule has 4 nitrogen and oxygen atoms in total. The summed E-state index contributed by atoms with van der Waals surface area (Å²) in [5.41, 5.74) is 1.96. The normalized spacial score (nSPS) is 12.8. The minimum Gasteiger partial charge on any atom is -0.435 e. The number of alkyl halides is 2. The fourth-order valence-corrected chi connectivity index (χ4v) is 3.76. The average Bonchev–Trinajstić information content (AvgIpc) is 2.92. The number of hydrogen-bond donors (Lipinski definition) is 0. The van der Waals surface area contributed by atoms with E-state index in [0.29, 0.717) is 13.2 Å². The van der Waals surface area contributed by atoms with Crippen LogP contribution in [0.1, 0.15) is 34.1 Å². The smallest absolute Gasteiger partial charge is 0.387 e. The van der Waals surface area contributed by atoms with Gasteiger partial charge < -0.3 is 9.47 Å². The summed E-state index contributed by atoms with van der Waals surface area (Å²) < 4.78 is 34.3. The van der Waals surface area contributed by atoms with Crippen LogP contribution in [0.5, 0.6) is 5.75 Å². The van der Waals surface area contributed by atoms with E-state index in [9.17, 15) is 8.78 Å². The second-order valence-electron chi connectivity index (χ2n) is 5.92. The minimum atomic E-state index is -2.81. The predicted octanol–water partition coefficient (Wildman–Crippen LogP) is 4.43. The highest BCUT2D eigenvalue weighted by atomic mass is 32.1. The SMILES string of the molecule is COCCc1nc(C)c([C@H](C)N(C)Cc2cccc(OC(F)F)c2)s1. The molecule has 0 saturated carbocycles. The van der Waals surface area contributed by atoms with E-state index in [4.69, 9.17) is 4.74 Å². The first kappa shape index (κ1) is 19.8. The molecule has 0 unspecified atom stereocenters. The highest BCUT2D eigenvalue weighted by Gasteiger charge is 2.18. The van der Waals surface area contributed by atoms with Gasteiger partial charge in [-0.15, -0.1) is 11.3 Å². The molecule has 2 aromatic rings. The standard InChI is InChI=1S/C18H24F2N2O2S/c1-12-17(25-16(21-12)8-9-23-4)13(2)22(3)11-14-6-5-7-15(10-14)24-18(19)20/h5-7,10,13,18H,8-9,11H2,1-4H3/t13-/m0/s1. The quantitative estimate of drug-likeness (QED) is 0.654. The predicted molar refractivity (Wildman–Crippen MR) is 95.4 cm³/mol. The summed E-state index contributed by atoms with van der Waals surface area (Å²) in [4.78, 5) is 8.00.